The van der Waals surface area contributed by atoms with Gasteiger partial charge in [-0.25, -0.2) is 0 Å². The lowest BCUT2D eigenvalue weighted by Crippen LogP contribution is -1.88. The Hall–Kier alpha value is -2.22. The SMILES string of the molecule is CCCC=C(c1ccc(O)cc1)c1ccc(O)cc1. The third-order valence-electron chi connectivity index (χ3n) is 2.99. The fraction of sp³-hybridized carbons (Fsp3) is 0.176. The third-order valence-corrected chi connectivity index (χ3v) is 2.99. The van der Waals surface area contributed by atoms with E-state index >= 15 is 0 Å². The molecule has 2 aromatic rings. The van der Waals surface area contributed by atoms with Gasteiger partial charge in [-0.15, -0.1) is 0 Å². The molecule has 98 valence electrons. The summed E-state index contributed by atoms with van der Waals surface area (Å²) in [6.07, 6.45) is 4.27. The van der Waals surface area contributed by atoms with Gasteiger partial charge in [-0.2, -0.15) is 0 Å². The fourth-order valence-electron chi connectivity index (χ4n) is 1.97. The minimum Gasteiger partial charge on any atom is -0.508 e. The Balaban J connectivity index is 2.41. The number of phenolic OH excluding ortho intramolecular Hbond substituents is 2. The highest BCUT2D eigenvalue weighted by atomic mass is 16.3. The van der Waals surface area contributed by atoms with Crippen molar-refractivity contribution >= 4 is 5.57 Å². The van der Waals surface area contributed by atoms with E-state index in [1.165, 1.54) is 0 Å². The summed E-state index contributed by atoms with van der Waals surface area (Å²) in [6, 6.07) is 14.4. The Morgan fingerprint density at radius 3 is 1.63 bits per heavy atom. The molecule has 0 atom stereocenters. The van der Waals surface area contributed by atoms with E-state index in [2.05, 4.69) is 13.0 Å². The van der Waals surface area contributed by atoms with Gasteiger partial charge in [0.15, 0.2) is 0 Å². The molecule has 2 rings (SSSR count). The molecular weight excluding hydrogens is 236 g/mol. The average Bonchev–Trinajstić information content (AvgIpc) is 2.43. The van der Waals surface area contributed by atoms with Gasteiger partial charge >= 0.3 is 0 Å². The van der Waals surface area contributed by atoms with Gasteiger partial charge in [-0.05, 0) is 47.4 Å². The van der Waals surface area contributed by atoms with E-state index in [0.29, 0.717) is 0 Å². The molecule has 2 N–H and O–H groups in total. The highest BCUT2D eigenvalue weighted by Gasteiger charge is 2.05. The van der Waals surface area contributed by atoms with Crippen LogP contribution in [0.25, 0.3) is 5.57 Å². The topological polar surface area (TPSA) is 40.5 Å². The number of allylic oxidation sites excluding steroid dienone is 1. The molecule has 0 amide bonds. The Morgan fingerprint density at radius 2 is 1.26 bits per heavy atom. The summed E-state index contributed by atoms with van der Waals surface area (Å²) in [5.41, 5.74) is 3.26. The summed E-state index contributed by atoms with van der Waals surface area (Å²) in [5, 5.41) is 18.7. The van der Waals surface area contributed by atoms with Crippen molar-refractivity contribution in [3.63, 3.8) is 0 Å². The smallest absolute Gasteiger partial charge is 0.115 e. The second kappa shape index (κ2) is 6.10. The molecular formula is C17H18O2. The summed E-state index contributed by atoms with van der Waals surface area (Å²) in [6.45, 7) is 2.14. The Kier molecular flexibility index (Phi) is 4.24. The zero-order chi connectivity index (χ0) is 13.7. The van der Waals surface area contributed by atoms with Gasteiger partial charge in [0, 0.05) is 0 Å². The zero-order valence-electron chi connectivity index (χ0n) is 11.0. The number of benzene rings is 2. The maximum Gasteiger partial charge on any atom is 0.115 e. The molecule has 0 fully saturated rings. The molecule has 0 aliphatic carbocycles. The van der Waals surface area contributed by atoms with Crippen LogP contribution in [0.15, 0.2) is 54.6 Å². The van der Waals surface area contributed by atoms with Crippen LogP contribution >= 0.6 is 0 Å². The highest BCUT2D eigenvalue weighted by Crippen LogP contribution is 2.27. The van der Waals surface area contributed by atoms with Crippen molar-refractivity contribution in [2.45, 2.75) is 19.8 Å². The van der Waals surface area contributed by atoms with Gasteiger partial charge in [-0.1, -0.05) is 43.7 Å². The molecule has 2 heteroatoms. The molecule has 19 heavy (non-hydrogen) atoms. The molecule has 0 spiro atoms. The molecule has 2 aromatic carbocycles. The van der Waals surface area contributed by atoms with Crippen molar-refractivity contribution in [1.82, 2.24) is 0 Å². The zero-order valence-corrected chi connectivity index (χ0v) is 11.0. The van der Waals surface area contributed by atoms with E-state index < -0.39 is 0 Å². The first kappa shape index (κ1) is 13.2. The van der Waals surface area contributed by atoms with E-state index in [1.807, 2.05) is 24.3 Å². The monoisotopic (exact) mass is 254 g/mol. The van der Waals surface area contributed by atoms with Crippen LogP contribution in [0, 0.1) is 0 Å². The highest BCUT2D eigenvalue weighted by molar-refractivity contribution is 5.80. The molecule has 0 unspecified atom stereocenters. The largest absolute Gasteiger partial charge is 0.508 e. The first-order chi connectivity index (χ1) is 9.20. The van der Waals surface area contributed by atoms with Gasteiger partial charge in [0.25, 0.3) is 0 Å². The van der Waals surface area contributed by atoms with Crippen LogP contribution in [0.1, 0.15) is 30.9 Å². The average molecular weight is 254 g/mol. The normalized spacial score (nSPS) is 10.2. The van der Waals surface area contributed by atoms with Crippen LogP contribution in [0.5, 0.6) is 11.5 Å². The molecule has 0 aliphatic rings. The predicted molar refractivity (Wildman–Crippen MR) is 78.2 cm³/mol. The van der Waals surface area contributed by atoms with Crippen LogP contribution in [-0.4, -0.2) is 10.2 Å². The van der Waals surface area contributed by atoms with Gasteiger partial charge in [0.2, 0.25) is 0 Å². The van der Waals surface area contributed by atoms with Crippen molar-refractivity contribution < 1.29 is 10.2 Å². The Bertz CT molecular complexity index is 503. The standard InChI is InChI=1S/C17H18O2/c1-2-3-4-17(13-5-9-15(18)10-6-13)14-7-11-16(19)12-8-14/h4-12,18-19H,2-3H2,1H3. The minimum atomic E-state index is 0.268. The number of phenols is 2. The van der Waals surface area contributed by atoms with Crippen molar-refractivity contribution in [2.75, 3.05) is 0 Å². The molecule has 0 saturated heterocycles. The van der Waals surface area contributed by atoms with Crippen LogP contribution in [0.3, 0.4) is 0 Å². The lowest BCUT2D eigenvalue weighted by molar-refractivity contribution is 0.475. The van der Waals surface area contributed by atoms with E-state index in [4.69, 9.17) is 0 Å². The number of unbranched alkanes of at least 4 members (excludes halogenated alkanes) is 1. The second-order valence-corrected chi connectivity index (χ2v) is 4.50. The van der Waals surface area contributed by atoms with E-state index in [1.54, 1.807) is 24.3 Å². The maximum atomic E-state index is 9.37. The first-order valence-electron chi connectivity index (χ1n) is 6.49. The number of rotatable bonds is 4. The van der Waals surface area contributed by atoms with Gasteiger partial charge in [0.1, 0.15) is 11.5 Å². The fourth-order valence-corrected chi connectivity index (χ4v) is 1.97. The van der Waals surface area contributed by atoms with E-state index in [-0.39, 0.29) is 11.5 Å². The van der Waals surface area contributed by atoms with Crippen LogP contribution < -0.4 is 0 Å². The number of hydrogen-bond donors (Lipinski definition) is 2. The van der Waals surface area contributed by atoms with Crippen molar-refractivity contribution in [3.8, 4) is 11.5 Å². The quantitative estimate of drug-likeness (QED) is 0.852. The maximum absolute atomic E-state index is 9.37. The Labute approximate surface area is 113 Å². The van der Waals surface area contributed by atoms with Crippen LogP contribution in [-0.2, 0) is 0 Å². The lowest BCUT2D eigenvalue weighted by Gasteiger charge is -2.09. The third kappa shape index (κ3) is 3.38. The van der Waals surface area contributed by atoms with Gasteiger partial charge in [-0.3, -0.25) is 0 Å². The molecule has 0 aromatic heterocycles. The van der Waals surface area contributed by atoms with E-state index in [0.717, 1.165) is 29.5 Å². The molecule has 0 bridgehead atoms. The predicted octanol–water partition coefficient (Wildman–Crippen LogP) is 4.33. The van der Waals surface area contributed by atoms with Crippen molar-refractivity contribution in [3.05, 3.63) is 65.7 Å². The van der Waals surface area contributed by atoms with E-state index in [9.17, 15) is 10.2 Å². The number of aromatic hydroxyl groups is 2. The summed E-state index contributed by atoms with van der Waals surface area (Å²) < 4.78 is 0. The molecule has 0 aliphatic heterocycles. The first-order valence-corrected chi connectivity index (χ1v) is 6.49. The summed E-state index contributed by atoms with van der Waals surface area (Å²) in [5.74, 6) is 0.536. The lowest BCUT2D eigenvalue weighted by atomic mass is 9.96. The molecule has 0 radical (unpaired) electrons. The summed E-state index contributed by atoms with van der Waals surface area (Å²) >= 11 is 0. The summed E-state index contributed by atoms with van der Waals surface area (Å²) in [7, 11) is 0. The second-order valence-electron chi connectivity index (χ2n) is 4.50. The number of hydrogen-bond acceptors (Lipinski definition) is 2. The van der Waals surface area contributed by atoms with Crippen LogP contribution in [0.4, 0.5) is 0 Å². The van der Waals surface area contributed by atoms with Crippen molar-refractivity contribution in [1.29, 1.82) is 0 Å². The molecule has 0 saturated carbocycles. The minimum absolute atomic E-state index is 0.268. The van der Waals surface area contributed by atoms with Crippen LogP contribution in [0.2, 0.25) is 0 Å². The Morgan fingerprint density at radius 1 is 0.842 bits per heavy atom. The summed E-state index contributed by atoms with van der Waals surface area (Å²) in [4.78, 5) is 0. The molecule has 2 nitrogen and oxygen atoms in total. The molecule has 0 heterocycles. The van der Waals surface area contributed by atoms with Gasteiger partial charge in [0.05, 0.1) is 0 Å². The van der Waals surface area contributed by atoms with Gasteiger partial charge < -0.3 is 10.2 Å². The van der Waals surface area contributed by atoms with Crippen molar-refractivity contribution in [2.24, 2.45) is 0 Å².